The van der Waals surface area contributed by atoms with Gasteiger partial charge in [-0.3, -0.25) is 14.9 Å². The minimum absolute atomic E-state index is 0.0355. The lowest BCUT2D eigenvalue weighted by Crippen LogP contribution is -2.46. The lowest BCUT2D eigenvalue weighted by atomic mass is 10.1. The highest BCUT2D eigenvalue weighted by Crippen LogP contribution is 2.20. The van der Waals surface area contributed by atoms with Crippen molar-refractivity contribution in [3.05, 3.63) is 39.4 Å². The van der Waals surface area contributed by atoms with E-state index in [1.165, 1.54) is 12.1 Å². The Balaban J connectivity index is 2.24. The number of carbonyl (C=O) groups excluding carboxylic acids is 1. The molecule has 1 saturated heterocycles. The van der Waals surface area contributed by atoms with Crippen LogP contribution < -0.4 is 0 Å². The van der Waals surface area contributed by atoms with Crippen LogP contribution in [0.15, 0.2) is 18.2 Å². The van der Waals surface area contributed by atoms with E-state index in [9.17, 15) is 14.9 Å². The SMILES string of the molecule is Cc1ccc([N+](=O)[O-])cc1C(=O)N1CCOC(CBr)C1. The van der Waals surface area contributed by atoms with Crippen molar-refractivity contribution >= 4 is 27.5 Å². The maximum absolute atomic E-state index is 12.5. The third kappa shape index (κ3) is 3.16. The summed E-state index contributed by atoms with van der Waals surface area (Å²) < 4.78 is 5.49. The van der Waals surface area contributed by atoms with E-state index in [0.717, 1.165) is 5.56 Å². The molecule has 1 aliphatic rings. The second-order valence-electron chi connectivity index (χ2n) is 4.65. The van der Waals surface area contributed by atoms with Crippen LogP contribution in [-0.2, 0) is 4.74 Å². The number of nitrogens with zero attached hydrogens (tertiary/aromatic N) is 2. The second-order valence-corrected chi connectivity index (χ2v) is 5.30. The number of non-ortho nitro benzene ring substituents is 1. The molecule has 1 aliphatic heterocycles. The third-order valence-electron chi connectivity index (χ3n) is 3.26. The second kappa shape index (κ2) is 6.32. The van der Waals surface area contributed by atoms with Gasteiger partial charge in [-0.2, -0.15) is 0 Å². The van der Waals surface area contributed by atoms with E-state index in [0.29, 0.717) is 30.6 Å². The maximum atomic E-state index is 12.5. The average molecular weight is 343 g/mol. The maximum Gasteiger partial charge on any atom is 0.270 e. The summed E-state index contributed by atoms with van der Waals surface area (Å²) in [5.74, 6) is -0.180. The zero-order chi connectivity index (χ0) is 14.7. The number of halogens is 1. The number of carbonyl (C=O) groups is 1. The molecule has 0 saturated carbocycles. The van der Waals surface area contributed by atoms with Crippen molar-refractivity contribution in [3.8, 4) is 0 Å². The van der Waals surface area contributed by atoms with Crippen LogP contribution in [-0.4, -0.2) is 46.9 Å². The molecule has 1 amide bonds. The van der Waals surface area contributed by atoms with Crippen molar-refractivity contribution in [1.29, 1.82) is 0 Å². The van der Waals surface area contributed by atoms with Gasteiger partial charge in [0.25, 0.3) is 11.6 Å². The van der Waals surface area contributed by atoms with Crippen molar-refractivity contribution in [2.45, 2.75) is 13.0 Å². The Kier molecular flexibility index (Phi) is 4.72. The molecule has 0 N–H and O–H groups in total. The zero-order valence-electron chi connectivity index (χ0n) is 11.0. The van der Waals surface area contributed by atoms with Crippen molar-refractivity contribution in [1.82, 2.24) is 4.90 Å². The number of rotatable bonds is 3. The monoisotopic (exact) mass is 342 g/mol. The van der Waals surface area contributed by atoms with Crippen LogP contribution in [0.4, 0.5) is 5.69 Å². The number of hydrogen-bond acceptors (Lipinski definition) is 4. The summed E-state index contributed by atoms with van der Waals surface area (Å²) in [5.41, 5.74) is 1.06. The molecule has 6 nitrogen and oxygen atoms in total. The summed E-state index contributed by atoms with van der Waals surface area (Å²) in [6, 6.07) is 4.36. The number of benzene rings is 1. The molecule has 2 rings (SSSR count). The molecule has 0 spiro atoms. The Bertz CT molecular complexity index is 535. The number of amides is 1. The molecular weight excluding hydrogens is 328 g/mol. The first-order valence-corrected chi connectivity index (χ1v) is 7.37. The summed E-state index contributed by atoms with van der Waals surface area (Å²) in [6.07, 6.45) is -0.0355. The van der Waals surface area contributed by atoms with Gasteiger partial charge >= 0.3 is 0 Å². The van der Waals surface area contributed by atoms with Crippen LogP contribution in [0.3, 0.4) is 0 Å². The predicted octanol–water partition coefficient (Wildman–Crippen LogP) is 2.14. The van der Waals surface area contributed by atoms with E-state index < -0.39 is 4.92 Å². The molecule has 0 radical (unpaired) electrons. The van der Waals surface area contributed by atoms with E-state index in [-0.39, 0.29) is 17.7 Å². The van der Waals surface area contributed by atoms with E-state index in [1.807, 2.05) is 0 Å². The van der Waals surface area contributed by atoms with Crippen LogP contribution >= 0.6 is 15.9 Å². The first-order valence-electron chi connectivity index (χ1n) is 6.25. The molecule has 20 heavy (non-hydrogen) atoms. The van der Waals surface area contributed by atoms with E-state index in [1.54, 1.807) is 17.9 Å². The first-order chi connectivity index (χ1) is 9.52. The van der Waals surface area contributed by atoms with Gasteiger partial charge in [-0.05, 0) is 12.5 Å². The van der Waals surface area contributed by atoms with E-state index >= 15 is 0 Å². The first kappa shape index (κ1) is 14.9. The normalized spacial score (nSPS) is 18.9. The lowest BCUT2D eigenvalue weighted by molar-refractivity contribution is -0.384. The number of alkyl halides is 1. The predicted molar refractivity (Wildman–Crippen MR) is 77.3 cm³/mol. The van der Waals surface area contributed by atoms with Gasteiger partial charge in [-0.25, -0.2) is 0 Å². The van der Waals surface area contributed by atoms with Gasteiger partial charge in [-0.1, -0.05) is 22.0 Å². The molecule has 0 bridgehead atoms. The Morgan fingerprint density at radius 1 is 1.60 bits per heavy atom. The van der Waals surface area contributed by atoms with Crippen LogP contribution in [0.1, 0.15) is 15.9 Å². The van der Waals surface area contributed by atoms with Crippen LogP contribution in [0.25, 0.3) is 0 Å². The fourth-order valence-corrected chi connectivity index (χ4v) is 2.51. The Morgan fingerprint density at radius 3 is 3.00 bits per heavy atom. The molecule has 7 heteroatoms. The van der Waals surface area contributed by atoms with E-state index in [4.69, 9.17) is 4.74 Å². The summed E-state index contributed by atoms with van der Waals surface area (Å²) in [5, 5.41) is 11.5. The zero-order valence-corrected chi connectivity index (χ0v) is 12.6. The minimum atomic E-state index is -0.489. The highest BCUT2D eigenvalue weighted by Gasteiger charge is 2.26. The highest BCUT2D eigenvalue weighted by atomic mass is 79.9. The third-order valence-corrected chi connectivity index (χ3v) is 3.98. The van der Waals surface area contributed by atoms with Gasteiger partial charge < -0.3 is 9.64 Å². The summed E-state index contributed by atoms with van der Waals surface area (Å²) in [7, 11) is 0. The molecule has 1 aromatic carbocycles. The molecular formula is C13H15BrN2O4. The largest absolute Gasteiger partial charge is 0.374 e. The van der Waals surface area contributed by atoms with Crippen molar-refractivity contribution < 1.29 is 14.5 Å². The number of hydrogen-bond donors (Lipinski definition) is 0. The summed E-state index contributed by atoms with van der Waals surface area (Å²) in [4.78, 5) is 24.5. The summed E-state index contributed by atoms with van der Waals surface area (Å²) in [6.45, 7) is 3.26. The van der Waals surface area contributed by atoms with Crippen molar-refractivity contribution in [2.24, 2.45) is 0 Å². The topological polar surface area (TPSA) is 72.7 Å². The van der Waals surface area contributed by atoms with Crippen LogP contribution in [0.2, 0.25) is 0 Å². The fraction of sp³-hybridized carbons (Fsp3) is 0.462. The Labute approximate surface area is 125 Å². The number of nitro benzene ring substituents is 1. The van der Waals surface area contributed by atoms with Gasteiger partial charge in [0.2, 0.25) is 0 Å². The highest BCUT2D eigenvalue weighted by molar-refractivity contribution is 9.09. The van der Waals surface area contributed by atoms with Gasteiger partial charge in [0, 0.05) is 36.1 Å². The Hall–Kier alpha value is -1.47. The molecule has 1 fully saturated rings. The van der Waals surface area contributed by atoms with Crippen LogP contribution in [0.5, 0.6) is 0 Å². The Morgan fingerprint density at radius 2 is 2.35 bits per heavy atom. The van der Waals surface area contributed by atoms with Gasteiger partial charge in [-0.15, -0.1) is 0 Å². The number of ether oxygens (including phenoxy) is 1. The smallest absolute Gasteiger partial charge is 0.270 e. The quantitative estimate of drug-likeness (QED) is 0.479. The fourth-order valence-electron chi connectivity index (χ4n) is 2.12. The van der Waals surface area contributed by atoms with Crippen LogP contribution in [0, 0.1) is 17.0 Å². The number of aryl methyl sites for hydroxylation is 1. The number of nitro groups is 1. The van der Waals surface area contributed by atoms with Gasteiger partial charge in [0.1, 0.15) is 0 Å². The molecule has 1 aromatic rings. The molecule has 1 atom stereocenters. The standard InChI is InChI=1S/C13H15BrN2O4/c1-9-2-3-10(16(18)19)6-12(9)13(17)15-4-5-20-11(7-14)8-15/h2-3,6,11H,4-5,7-8H2,1H3. The lowest BCUT2D eigenvalue weighted by Gasteiger charge is -2.32. The molecule has 108 valence electrons. The molecule has 1 heterocycles. The molecule has 1 unspecified atom stereocenters. The summed E-state index contributed by atoms with van der Waals surface area (Å²) >= 11 is 3.34. The molecule has 0 aliphatic carbocycles. The van der Waals surface area contributed by atoms with Gasteiger partial charge in [0.05, 0.1) is 17.6 Å². The van der Waals surface area contributed by atoms with E-state index in [2.05, 4.69) is 15.9 Å². The minimum Gasteiger partial charge on any atom is -0.374 e. The molecule has 0 aromatic heterocycles. The average Bonchev–Trinajstić information content (AvgIpc) is 2.46. The van der Waals surface area contributed by atoms with Crippen molar-refractivity contribution in [3.63, 3.8) is 0 Å². The van der Waals surface area contributed by atoms with Gasteiger partial charge in [0.15, 0.2) is 0 Å². The van der Waals surface area contributed by atoms with Crippen molar-refractivity contribution in [2.75, 3.05) is 25.0 Å². The number of morpholine rings is 1.